The second kappa shape index (κ2) is 8.68. The van der Waals surface area contributed by atoms with Crippen molar-refractivity contribution in [2.24, 2.45) is 0 Å². The summed E-state index contributed by atoms with van der Waals surface area (Å²) >= 11 is 0. The van der Waals surface area contributed by atoms with Crippen LogP contribution in [-0.4, -0.2) is 11.6 Å². The van der Waals surface area contributed by atoms with E-state index in [0.717, 1.165) is 24.3 Å². The van der Waals surface area contributed by atoms with Crippen LogP contribution < -0.4 is 4.74 Å². The van der Waals surface area contributed by atoms with E-state index < -0.39 is 0 Å². The predicted octanol–water partition coefficient (Wildman–Crippen LogP) is 5.69. The van der Waals surface area contributed by atoms with Crippen LogP contribution in [0.15, 0.2) is 30.5 Å². The SMILES string of the molecule is CCCCCCCCCCOc1cccc2[nH]ccc12. The molecule has 0 atom stereocenters. The molecule has 0 aliphatic carbocycles. The number of aromatic amines is 1. The molecule has 0 bridgehead atoms. The largest absolute Gasteiger partial charge is 0.493 e. The first-order valence-corrected chi connectivity index (χ1v) is 8.10. The number of fused-ring (bicyclic) bond motifs is 1. The van der Waals surface area contributed by atoms with Crippen molar-refractivity contribution in [2.45, 2.75) is 58.3 Å². The van der Waals surface area contributed by atoms with E-state index in [-0.39, 0.29) is 0 Å². The highest BCUT2D eigenvalue weighted by atomic mass is 16.5. The predicted molar refractivity (Wildman–Crippen MR) is 86.4 cm³/mol. The highest BCUT2D eigenvalue weighted by Gasteiger charge is 2.01. The number of unbranched alkanes of at least 4 members (excludes halogenated alkanes) is 7. The third-order valence-electron chi connectivity index (χ3n) is 3.81. The molecule has 1 N–H and O–H groups in total. The van der Waals surface area contributed by atoms with Crippen LogP contribution in [0.25, 0.3) is 10.9 Å². The molecule has 0 saturated heterocycles. The summed E-state index contributed by atoms with van der Waals surface area (Å²) in [5, 5.41) is 1.19. The molecule has 20 heavy (non-hydrogen) atoms. The van der Waals surface area contributed by atoms with Gasteiger partial charge in [-0.05, 0) is 24.6 Å². The van der Waals surface area contributed by atoms with E-state index in [4.69, 9.17) is 4.74 Å². The van der Waals surface area contributed by atoms with Gasteiger partial charge in [-0.2, -0.15) is 0 Å². The molecular formula is C18H27NO. The molecule has 0 amide bonds. The highest BCUT2D eigenvalue weighted by Crippen LogP contribution is 2.24. The molecule has 1 heterocycles. The van der Waals surface area contributed by atoms with Gasteiger partial charge in [0.1, 0.15) is 5.75 Å². The Morgan fingerprint density at radius 2 is 1.65 bits per heavy atom. The normalized spacial score (nSPS) is 11.1. The quantitative estimate of drug-likeness (QED) is 0.553. The lowest BCUT2D eigenvalue weighted by Crippen LogP contribution is -1.97. The van der Waals surface area contributed by atoms with Gasteiger partial charge in [0.2, 0.25) is 0 Å². The highest BCUT2D eigenvalue weighted by molar-refractivity contribution is 5.85. The van der Waals surface area contributed by atoms with Gasteiger partial charge in [-0.15, -0.1) is 0 Å². The molecule has 2 heteroatoms. The minimum Gasteiger partial charge on any atom is -0.493 e. The van der Waals surface area contributed by atoms with Gasteiger partial charge in [-0.3, -0.25) is 0 Å². The molecule has 2 aromatic rings. The third-order valence-corrected chi connectivity index (χ3v) is 3.81. The van der Waals surface area contributed by atoms with Crippen LogP contribution in [0, 0.1) is 0 Å². The van der Waals surface area contributed by atoms with Gasteiger partial charge < -0.3 is 9.72 Å². The third kappa shape index (κ3) is 4.59. The Morgan fingerprint density at radius 1 is 0.900 bits per heavy atom. The maximum atomic E-state index is 5.90. The number of hydrogen-bond donors (Lipinski definition) is 1. The molecule has 0 saturated carbocycles. The Bertz CT molecular complexity index is 489. The van der Waals surface area contributed by atoms with Gasteiger partial charge in [0.25, 0.3) is 0 Å². The van der Waals surface area contributed by atoms with Crippen LogP contribution in [0.5, 0.6) is 5.75 Å². The van der Waals surface area contributed by atoms with Crippen molar-refractivity contribution in [2.75, 3.05) is 6.61 Å². The van der Waals surface area contributed by atoms with Crippen molar-refractivity contribution in [1.29, 1.82) is 0 Å². The van der Waals surface area contributed by atoms with E-state index in [0.29, 0.717) is 0 Å². The molecule has 0 aliphatic heterocycles. The van der Waals surface area contributed by atoms with Crippen molar-refractivity contribution in [3.05, 3.63) is 30.5 Å². The Balaban J connectivity index is 1.58. The average molecular weight is 273 g/mol. The maximum Gasteiger partial charge on any atom is 0.128 e. The standard InChI is InChI=1S/C18H27NO/c1-2-3-4-5-6-7-8-9-15-20-18-12-10-11-17-16(18)13-14-19-17/h10-14,19H,2-9,15H2,1H3. The van der Waals surface area contributed by atoms with Crippen LogP contribution in [0.4, 0.5) is 0 Å². The second-order valence-electron chi connectivity index (χ2n) is 5.52. The van der Waals surface area contributed by atoms with E-state index in [1.54, 1.807) is 0 Å². The van der Waals surface area contributed by atoms with Crippen molar-refractivity contribution in [3.8, 4) is 5.75 Å². The van der Waals surface area contributed by atoms with E-state index in [1.807, 2.05) is 12.3 Å². The summed E-state index contributed by atoms with van der Waals surface area (Å²) in [5.74, 6) is 1.01. The van der Waals surface area contributed by atoms with E-state index in [1.165, 1.54) is 50.3 Å². The van der Waals surface area contributed by atoms with Crippen LogP contribution >= 0.6 is 0 Å². The average Bonchev–Trinajstić information content (AvgIpc) is 2.95. The lowest BCUT2D eigenvalue weighted by atomic mass is 10.1. The van der Waals surface area contributed by atoms with Crippen LogP contribution in [0.1, 0.15) is 58.3 Å². The van der Waals surface area contributed by atoms with Gasteiger partial charge in [0.15, 0.2) is 0 Å². The molecule has 0 unspecified atom stereocenters. The van der Waals surface area contributed by atoms with Crippen LogP contribution in [0.3, 0.4) is 0 Å². The van der Waals surface area contributed by atoms with Gasteiger partial charge in [0.05, 0.1) is 6.61 Å². The zero-order chi connectivity index (χ0) is 14.0. The van der Waals surface area contributed by atoms with E-state index in [9.17, 15) is 0 Å². The molecule has 1 aromatic heterocycles. The first-order chi connectivity index (χ1) is 9.92. The minimum atomic E-state index is 0.833. The zero-order valence-corrected chi connectivity index (χ0v) is 12.7. The number of benzene rings is 1. The summed E-state index contributed by atoms with van der Waals surface area (Å²) in [7, 11) is 0. The Kier molecular flexibility index (Phi) is 6.49. The van der Waals surface area contributed by atoms with Gasteiger partial charge in [0, 0.05) is 17.1 Å². The fraction of sp³-hybridized carbons (Fsp3) is 0.556. The van der Waals surface area contributed by atoms with Crippen molar-refractivity contribution < 1.29 is 4.74 Å². The first kappa shape index (κ1) is 15.0. The summed E-state index contributed by atoms with van der Waals surface area (Å²) < 4.78 is 5.90. The fourth-order valence-corrected chi connectivity index (χ4v) is 2.60. The topological polar surface area (TPSA) is 25.0 Å². The zero-order valence-electron chi connectivity index (χ0n) is 12.7. The van der Waals surface area contributed by atoms with Gasteiger partial charge in [-0.1, -0.05) is 57.9 Å². The van der Waals surface area contributed by atoms with E-state index in [2.05, 4.69) is 30.1 Å². The number of ether oxygens (including phenoxy) is 1. The Morgan fingerprint density at radius 3 is 2.45 bits per heavy atom. The van der Waals surface area contributed by atoms with Crippen molar-refractivity contribution in [3.63, 3.8) is 0 Å². The van der Waals surface area contributed by atoms with Crippen molar-refractivity contribution >= 4 is 10.9 Å². The summed E-state index contributed by atoms with van der Waals surface area (Å²) in [4.78, 5) is 3.21. The number of rotatable bonds is 10. The summed E-state index contributed by atoms with van der Waals surface area (Å²) in [6, 6.07) is 8.26. The smallest absolute Gasteiger partial charge is 0.128 e. The summed E-state index contributed by atoms with van der Waals surface area (Å²) in [5.41, 5.74) is 1.15. The fourth-order valence-electron chi connectivity index (χ4n) is 2.60. The molecule has 2 rings (SSSR count). The molecule has 1 aromatic carbocycles. The molecule has 0 aliphatic rings. The molecule has 110 valence electrons. The molecule has 0 spiro atoms. The Labute approximate surface area is 122 Å². The molecule has 0 fully saturated rings. The Hall–Kier alpha value is -1.44. The number of H-pyrrole nitrogens is 1. The van der Waals surface area contributed by atoms with Gasteiger partial charge >= 0.3 is 0 Å². The molecule has 0 radical (unpaired) electrons. The number of aromatic nitrogens is 1. The second-order valence-corrected chi connectivity index (χ2v) is 5.52. The number of hydrogen-bond acceptors (Lipinski definition) is 1. The molecular weight excluding hydrogens is 246 g/mol. The maximum absolute atomic E-state index is 5.90. The summed E-state index contributed by atoms with van der Waals surface area (Å²) in [6.45, 7) is 3.10. The van der Waals surface area contributed by atoms with Crippen LogP contribution in [0.2, 0.25) is 0 Å². The van der Waals surface area contributed by atoms with E-state index >= 15 is 0 Å². The molecule has 2 nitrogen and oxygen atoms in total. The lowest BCUT2D eigenvalue weighted by molar-refractivity contribution is 0.307. The summed E-state index contributed by atoms with van der Waals surface area (Å²) in [6.07, 6.45) is 12.7. The number of nitrogens with one attached hydrogen (secondary N) is 1. The van der Waals surface area contributed by atoms with Gasteiger partial charge in [-0.25, -0.2) is 0 Å². The first-order valence-electron chi connectivity index (χ1n) is 8.10. The van der Waals surface area contributed by atoms with Crippen LogP contribution in [-0.2, 0) is 0 Å². The minimum absolute atomic E-state index is 0.833. The monoisotopic (exact) mass is 273 g/mol. The van der Waals surface area contributed by atoms with Crippen molar-refractivity contribution in [1.82, 2.24) is 4.98 Å². The lowest BCUT2D eigenvalue weighted by Gasteiger charge is -2.07.